The Morgan fingerprint density at radius 2 is 2.07 bits per heavy atom. The number of thiazole rings is 1. The van der Waals surface area contributed by atoms with Crippen molar-refractivity contribution >= 4 is 11.3 Å². The number of hydrogen-bond acceptors (Lipinski definition) is 4. The molecule has 0 radical (unpaired) electrons. The van der Waals surface area contributed by atoms with Crippen LogP contribution in [0.2, 0.25) is 0 Å². The molecule has 1 rings (SSSR count). The molecule has 0 spiro atoms. The van der Waals surface area contributed by atoms with Crippen molar-refractivity contribution in [1.82, 2.24) is 4.98 Å². The second-order valence-electron chi connectivity index (χ2n) is 4.24. The normalized spacial score (nSPS) is 13.5. The maximum atomic E-state index is 5.90. The summed E-state index contributed by atoms with van der Waals surface area (Å²) in [4.78, 5) is 5.73. The first-order valence-corrected chi connectivity index (χ1v) is 6.09. The van der Waals surface area contributed by atoms with E-state index in [2.05, 4.69) is 18.8 Å². The van der Waals surface area contributed by atoms with Crippen LogP contribution < -0.4 is 5.73 Å². The molecule has 1 aromatic heterocycles. The standard InChI is InChI=1S/C11H20N2OS/c1-7(2)5-10-13-9(6-14-4)11(15-10)8(3)12/h7-8H,5-6,12H2,1-4H3. The minimum Gasteiger partial charge on any atom is -0.378 e. The predicted octanol–water partition coefficient (Wildman–Crippen LogP) is 2.51. The molecule has 0 aromatic carbocycles. The first-order chi connectivity index (χ1) is 7.04. The number of rotatable bonds is 5. The lowest BCUT2D eigenvalue weighted by Gasteiger charge is -2.03. The highest BCUT2D eigenvalue weighted by molar-refractivity contribution is 7.11. The van der Waals surface area contributed by atoms with Gasteiger partial charge in [-0.3, -0.25) is 0 Å². The molecule has 0 aliphatic rings. The van der Waals surface area contributed by atoms with Crippen molar-refractivity contribution in [3.05, 3.63) is 15.6 Å². The van der Waals surface area contributed by atoms with E-state index in [1.165, 1.54) is 5.01 Å². The predicted molar refractivity (Wildman–Crippen MR) is 64.0 cm³/mol. The van der Waals surface area contributed by atoms with E-state index in [1.807, 2.05) is 6.92 Å². The zero-order valence-electron chi connectivity index (χ0n) is 9.91. The SMILES string of the molecule is COCc1nc(CC(C)C)sc1C(C)N. The molecule has 1 atom stereocenters. The number of ether oxygens (including phenoxy) is 1. The van der Waals surface area contributed by atoms with E-state index in [4.69, 9.17) is 10.5 Å². The Kier molecular flexibility index (Phi) is 4.70. The molecule has 86 valence electrons. The topological polar surface area (TPSA) is 48.1 Å². The number of nitrogens with zero attached hydrogens (tertiary/aromatic N) is 1. The summed E-state index contributed by atoms with van der Waals surface area (Å²) in [6, 6.07) is 0.0496. The first-order valence-electron chi connectivity index (χ1n) is 5.27. The molecular weight excluding hydrogens is 208 g/mol. The third kappa shape index (κ3) is 3.55. The Bertz CT molecular complexity index is 308. The highest BCUT2D eigenvalue weighted by atomic mass is 32.1. The van der Waals surface area contributed by atoms with Crippen molar-refractivity contribution in [3.8, 4) is 0 Å². The van der Waals surface area contributed by atoms with E-state index in [0.29, 0.717) is 12.5 Å². The Hall–Kier alpha value is -0.450. The molecular formula is C11H20N2OS. The average Bonchev–Trinajstić information content (AvgIpc) is 2.47. The fraction of sp³-hybridized carbons (Fsp3) is 0.727. The van der Waals surface area contributed by atoms with Crippen molar-refractivity contribution in [2.45, 2.75) is 39.8 Å². The summed E-state index contributed by atoms with van der Waals surface area (Å²) in [6.45, 7) is 6.95. The Balaban J connectivity index is 2.88. The van der Waals surface area contributed by atoms with Gasteiger partial charge in [-0.15, -0.1) is 11.3 Å². The highest BCUT2D eigenvalue weighted by Crippen LogP contribution is 2.26. The first kappa shape index (κ1) is 12.6. The summed E-state index contributed by atoms with van der Waals surface area (Å²) in [5.74, 6) is 0.632. The van der Waals surface area contributed by atoms with Gasteiger partial charge in [0.1, 0.15) is 0 Å². The van der Waals surface area contributed by atoms with Crippen LogP contribution in [0.4, 0.5) is 0 Å². The zero-order valence-corrected chi connectivity index (χ0v) is 10.7. The Morgan fingerprint density at radius 3 is 2.53 bits per heavy atom. The molecule has 1 aromatic rings. The second-order valence-corrected chi connectivity index (χ2v) is 5.35. The van der Waals surface area contributed by atoms with E-state index in [1.54, 1.807) is 18.4 Å². The smallest absolute Gasteiger partial charge is 0.0935 e. The van der Waals surface area contributed by atoms with Crippen LogP contribution in [-0.4, -0.2) is 12.1 Å². The number of nitrogens with two attached hydrogens (primary N) is 1. The molecule has 2 N–H and O–H groups in total. The second kappa shape index (κ2) is 5.58. The van der Waals surface area contributed by atoms with Crippen molar-refractivity contribution in [1.29, 1.82) is 0 Å². The van der Waals surface area contributed by atoms with Crippen LogP contribution in [0.15, 0.2) is 0 Å². The molecule has 0 amide bonds. The molecule has 0 saturated carbocycles. The van der Waals surface area contributed by atoms with Crippen LogP contribution in [0, 0.1) is 5.92 Å². The van der Waals surface area contributed by atoms with Crippen LogP contribution in [0.5, 0.6) is 0 Å². The van der Waals surface area contributed by atoms with Crippen LogP contribution >= 0.6 is 11.3 Å². The number of hydrogen-bond donors (Lipinski definition) is 1. The van der Waals surface area contributed by atoms with Gasteiger partial charge in [0.05, 0.1) is 17.3 Å². The Morgan fingerprint density at radius 1 is 1.40 bits per heavy atom. The largest absolute Gasteiger partial charge is 0.378 e. The van der Waals surface area contributed by atoms with Gasteiger partial charge in [0.15, 0.2) is 0 Å². The van der Waals surface area contributed by atoms with Gasteiger partial charge in [-0.25, -0.2) is 4.98 Å². The maximum Gasteiger partial charge on any atom is 0.0935 e. The van der Waals surface area contributed by atoms with Crippen LogP contribution in [-0.2, 0) is 17.8 Å². The monoisotopic (exact) mass is 228 g/mol. The summed E-state index contributed by atoms with van der Waals surface area (Å²) in [5.41, 5.74) is 6.91. The van der Waals surface area contributed by atoms with Crippen LogP contribution in [0.3, 0.4) is 0 Å². The molecule has 4 heteroatoms. The molecule has 0 bridgehead atoms. The lowest BCUT2D eigenvalue weighted by molar-refractivity contribution is 0.181. The molecule has 1 heterocycles. The van der Waals surface area contributed by atoms with Crippen molar-refractivity contribution in [2.24, 2.45) is 11.7 Å². The molecule has 15 heavy (non-hydrogen) atoms. The number of methoxy groups -OCH3 is 1. The molecule has 0 fully saturated rings. The summed E-state index contributed by atoms with van der Waals surface area (Å²) >= 11 is 1.72. The molecule has 0 aliphatic carbocycles. The van der Waals surface area contributed by atoms with Crippen LogP contribution in [0.25, 0.3) is 0 Å². The minimum absolute atomic E-state index is 0.0496. The van der Waals surface area contributed by atoms with Gasteiger partial charge in [0.2, 0.25) is 0 Å². The van der Waals surface area contributed by atoms with Gasteiger partial charge in [0.25, 0.3) is 0 Å². The van der Waals surface area contributed by atoms with E-state index >= 15 is 0 Å². The van der Waals surface area contributed by atoms with E-state index in [0.717, 1.165) is 17.0 Å². The van der Waals surface area contributed by atoms with Gasteiger partial charge >= 0.3 is 0 Å². The third-order valence-electron chi connectivity index (χ3n) is 2.05. The van der Waals surface area contributed by atoms with E-state index in [-0.39, 0.29) is 6.04 Å². The fourth-order valence-corrected chi connectivity index (χ4v) is 2.68. The maximum absolute atomic E-state index is 5.90. The number of aromatic nitrogens is 1. The Labute approximate surface area is 95.7 Å². The molecule has 0 aliphatic heterocycles. The fourth-order valence-electron chi connectivity index (χ4n) is 1.45. The highest BCUT2D eigenvalue weighted by Gasteiger charge is 2.14. The van der Waals surface area contributed by atoms with Gasteiger partial charge in [-0.2, -0.15) is 0 Å². The molecule has 0 saturated heterocycles. The van der Waals surface area contributed by atoms with E-state index in [9.17, 15) is 0 Å². The summed E-state index contributed by atoms with van der Waals surface area (Å²) in [7, 11) is 1.69. The molecule has 1 unspecified atom stereocenters. The van der Waals surface area contributed by atoms with Crippen molar-refractivity contribution in [2.75, 3.05) is 7.11 Å². The van der Waals surface area contributed by atoms with Gasteiger partial charge in [0, 0.05) is 24.4 Å². The lowest BCUT2D eigenvalue weighted by Crippen LogP contribution is -2.06. The lowest BCUT2D eigenvalue weighted by atomic mass is 10.1. The van der Waals surface area contributed by atoms with E-state index < -0.39 is 0 Å². The van der Waals surface area contributed by atoms with Gasteiger partial charge in [-0.05, 0) is 12.8 Å². The summed E-state index contributed by atoms with van der Waals surface area (Å²) < 4.78 is 5.13. The van der Waals surface area contributed by atoms with Gasteiger partial charge < -0.3 is 10.5 Å². The van der Waals surface area contributed by atoms with Crippen molar-refractivity contribution < 1.29 is 4.74 Å². The summed E-state index contributed by atoms with van der Waals surface area (Å²) in [6.07, 6.45) is 1.02. The average molecular weight is 228 g/mol. The quantitative estimate of drug-likeness (QED) is 0.842. The third-order valence-corrected chi connectivity index (χ3v) is 3.37. The van der Waals surface area contributed by atoms with Crippen LogP contribution in [0.1, 0.15) is 42.4 Å². The van der Waals surface area contributed by atoms with Gasteiger partial charge in [-0.1, -0.05) is 13.8 Å². The summed E-state index contributed by atoms with van der Waals surface area (Å²) in [5, 5.41) is 1.17. The molecule has 3 nitrogen and oxygen atoms in total. The van der Waals surface area contributed by atoms with Crippen molar-refractivity contribution in [3.63, 3.8) is 0 Å². The minimum atomic E-state index is 0.0496. The zero-order chi connectivity index (χ0) is 11.4.